The summed E-state index contributed by atoms with van der Waals surface area (Å²) in [6.45, 7) is 4.45. The zero-order valence-corrected chi connectivity index (χ0v) is 11.7. The zero-order chi connectivity index (χ0) is 13.8. The summed E-state index contributed by atoms with van der Waals surface area (Å²) in [5.41, 5.74) is 1.76. The number of alkyl halides is 1. The fourth-order valence-electron chi connectivity index (χ4n) is 1.81. The number of pyridine rings is 1. The highest BCUT2D eigenvalue weighted by atomic mass is 35.5. The van der Waals surface area contributed by atoms with Gasteiger partial charge in [0.05, 0.1) is 10.7 Å². The number of allylic oxidation sites excluding steroid dienone is 1. The van der Waals surface area contributed by atoms with Crippen molar-refractivity contribution >= 4 is 23.2 Å². The highest BCUT2D eigenvalue weighted by molar-refractivity contribution is 6.41. The van der Waals surface area contributed by atoms with Gasteiger partial charge in [0.15, 0.2) is 0 Å². The van der Waals surface area contributed by atoms with Crippen molar-refractivity contribution in [3.63, 3.8) is 0 Å². The average Bonchev–Trinajstić information content (AvgIpc) is 2.80. The summed E-state index contributed by atoms with van der Waals surface area (Å²) < 4.78 is 17.9. The van der Waals surface area contributed by atoms with Crippen molar-refractivity contribution in [1.82, 2.24) is 9.88 Å². The maximum atomic E-state index is 12.6. The van der Waals surface area contributed by atoms with Gasteiger partial charge in [-0.15, -0.1) is 0 Å². The molecule has 6 heteroatoms. The van der Waals surface area contributed by atoms with Crippen molar-refractivity contribution in [3.05, 3.63) is 52.1 Å². The summed E-state index contributed by atoms with van der Waals surface area (Å²) in [7, 11) is 0. The minimum absolute atomic E-state index is 0.263. The predicted molar refractivity (Wildman–Crippen MR) is 73.8 cm³/mol. The van der Waals surface area contributed by atoms with E-state index in [9.17, 15) is 4.39 Å². The van der Waals surface area contributed by atoms with Crippen LogP contribution in [0.4, 0.5) is 4.39 Å². The van der Waals surface area contributed by atoms with Crippen LogP contribution in [0.25, 0.3) is 0 Å². The van der Waals surface area contributed by atoms with Crippen molar-refractivity contribution in [2.24, 2.45) is 0 Å². The van der Waals surface area contributed by atoms with E-state index in [4.69, 9.17) is 27.9 Å². The second-order valence-electron chi connectivity index (χ2n) is 4.12. The number of hydrogen-bond acceptors (Lipinski definition) is 3. The average molecular weight is 303 g/mol. The Balaban J connectivity index is 2.14. The van der Waals surface area contributed by atoms with Gasteiger partial charge in [-0.1, -0.05) is 29.8 Å². The van der Waals surface area contributed by atoms with Crippen LogP contribution in [0.3, 0.4) is 0 Å². The molecule has 1 aliphatic heterocycles. The van der Waals surface area contributed by atoms with Crippen molar-refractivity contribution in [2.45, 2.75) is 6.54 Å². The van der Waals surface area contributed by atoms with Crippen LogP contribution >= 0.6 is 23.2 Å². The highest BCUT2D eigenvalue weighted by Crippen LogP contribution is 2.23. The molecule has 0 unspecified atom stereocenters. The first-order valence-electron chi connectivity index (χ1n) is 5.73. The molecule has 0 bridgehead atoms. The molecular weight excluding hydrogens is 290 g/mol. The van der Waals surface area contributed by atoms with Gasteiger partial charge >= 0.3 is 0 Å². The molecule has 1 aliphatic rings. The van der Waals surface area contributed by atoms with Gasteiger partial charge in [-0.05, 0) is 11.6 Å². The number of hydrogen-bond donors (Lipinski definition) is 0. The maximum Gasteiger partial charge on any atom is 0.147 e. The lowest BCUT2D eigenvalue weighted by Gasteiger charge is -2.23. The molecule has 1 aromatic rings. The van der Waals surface area contributed by atoms with Crippen LogP contribution in [-0.4, -0.2) is 29.7 Å². The highest BCUT2D eigenvalue weighted by Gasteiger charge is 2.17. The second kappa shape index (κ2) is 6.26. The van der Waals surface area contributed by atoms with Crippen LogP contribution < -0.4 is 0 Å². The van der Waals surface area contributed by atoms with Crippen molar-refractivity contribution in [1.29, 1.82) is 0 Å². The van der Waals surface area contributed by atoms with E-state index in [2.05, 4.69) is 11.6 Å². The Bertz CT molecular complexity index is 519. The van der Waals surface area contributed by atoms with Gasteiger partial charge < -0.3 is 9.64 Å². The Kier molecular flexibility index (Phi) is 4.66. The second-order valence-corrected chi connectivity index (χ2v) is 4.88. The standard InChI is InChI=1S/C13H13Cl2FN2O/c1-9-4-11(8-19-9)18(3-2-16)7-10-5-12(14)13(15)17-6-10/h4-6H,1-3,7-8H2. The number of aromatic nitrogens is 1. The van der Waals surface area contributed by atoms with Crippen LogP contribution in [0, 0.1) is 0 Å². The molecule has 0 aliphatic carbocycles. The lowest BCUT2D eigenvalue weighted by molar-refractivity contribution is 0.223. The number of nitrogens with zero attached hydrogens (tertiary/aromatic N) is 2. The minimum Gasteiger partial charge on any atom is -0.488 e. The van der Waals surface area contributed by atoms with Crippen LogP contribution in [0.5, 0.6) is 0 Å². The third-order valence-corrected chi connectivity index (χ3v) is 3.41. The third-order valence-electron chi connectivity index (χ3n) is 2.72. The molecule has 0 saturated heterocycles. The van der Waals surface area contributed by atoms with E-state index in [-0.39, 0.29) is 11.7 Å². The van der Waals surface area contributed by atoms with E-state index in [1.807, 2.05) is 4.90 Å². The number of ether oxygens (including phenoxy) is 1. The van der Waals surface area contributed by atoms with Gasteiger partial charge in [-0.2, -0.15) is 0 Å². The summed E-state index contributed by atoms with van der Waals surface area (Å²) >= 11 is 11.7. The molecule has 0 aromatic carbocycles. The van der Waals surface area contributed by atoms with Gasteiger partial charge in [0.1, 0.15) is 24.2 Å². The molecule has 102 valence electrons. The minimum atomic E-state index is -0.446. The molecule has 0 spiro atoms. The Hall–Kier alpha value is -1.26. The SMILES string of the molecule is C=C1C=C(N(CCF)Cc2cnc(Cl)c(Cl)c2)CO1. The van der Waals surface area contributed by atoms with E-state index in [1.54, 1.807) is 18.3 Å². The Morgan fingerprint density at radius 1 is 1.47 bits per heavy atom. The third kappa shape index (κ3) is 3.61. The fraction of sp³-hybridized carbons (Fsp3) is 0.308. The molecule has 0 saturated carbocycles. The molecule has 0 fully saturated rings. The molecule has 1 aromatic heterocycles. The lowest BCUT2D eigenvalue weighted by Crippen LogP contribution is -2.26. The molecule has 0 amide bonds. The molecule has 2 heterocycles. The number of halogens is 3. The Labute approximate surface area is 121 Å². The maximum absolute atomic E-state index is 12.6. The van der Waals surface area contributed by atoms with E-state index >= 15 is 0 Å². The summed E-state index contributed by atoms with van der Waals surface area (Å²) in [5, 5.41) is 0.652. The van der Waals surface area contributed by atoms with Gasteiger partial charge in [0.25, 0.3) is 0 Å². The topological polar surface area (TPSA) is 25.4 Å². The monoisotopic (exact) mass is 302 g/mol. The van der Waals surface area contributed by atoms with Crippen LogP contribution in [0.2, 0.25) is 10.2 Å². The quantitative estimate of drug-likeness (QED) is 0.777. The van der Waals surface area contributed by atoms with Gasteiger partial charge in [0, 0.05) is 25.4 Å². The molecule has 19 heavy (non-hydrogen) atoms. The predicted octanol–water partition coefficient (Wildman–Crippen LogP) is 3.59. The van der Waals surface area contributed by atoms with Gasteiger partial charge in [0.2, 0.25) is 0 Å². The Morgan fingerprint density at radius 2 is 2.26 bits per heavy atom. The first-order chi connectivity index (χ1) is 9.10. The molecule has 0 atom stereocenters. The molecular formula is C13H13Cl2FN2O. The van der Waals surface area contributed by atoms with E-state index < -0.39 is 6.67 Å². The van der Waals surface area contributed by atoms with Crippen molar-refractivity contribution in [3.8, 4) is 0 Å². The summed E-state index contributed by atoms with van der Waals surface area (Å²) in [6, 6.07) is 1.73. The summed E-state index contributed by atoms with van der Waals surface area (Å²) in [6.07, 6.45) is 3.44. The summed E-state index contributed by atoms with van der Waals surface area (Å²) in [5.74, 6) is 0.589. The van der Waals surface area contributed by atoms with Crippen molar-refractivity contribution < 1.29 is 9.13 Å². The van der Waals surface area contributed by atoms with Crippen LogP contribution in [-0.2, 0) is 11.3 Å². The first-order valence-corrected chi connectivity index (χ1v) is 6.49. The van der Waals surface area contributed by atoms with Crippen molar-refractivity contribution in [2.75, 3.05) is 19.8 Å². The van der Waals surface area contributed by atoms with Gasteiger partial charge in [-0.3, -0.25) is 0 Å². The van der Waals surface area contributed by atoms with E-state index in [0.29, 0.717) is 23.9 Å². The molecule has 3 nitrogen and oxygen atoms in total. The normalized spacial score (nSPS) is 14.3. The summed E-state index contributed by atoms with van der Waals surface area (Å²) in [4.78, 5) is 5.85. The van der Waals surface area contributed by atoms with Gasteiger partial charge in [-0.25, -0.2) is 9.37 Å². The zero-order valence-electron chi connectivity index (χ0n) is 10.2. The first kappa shape index (κ1) is 14.2. The lowest BCUT2D eigenvalue weighted by atomic mass is 10.2. The largest absolute Gasteiger partial charge is 0.488 e. The van der Waals surface area contributed by atoms with E-state index in [1.165, 1.54) is 0 Å². The molecule has 0 radical (unpaired) electrons. The fourth-order valence-corrected chi connectivity index (χ4v) is 2.10. The smallest absolute Gasteiger partial charge is 0.147 e. The number of rotatable bonds is 5. The molecule has 2 rings (SSSR count). The van der Waals surface area contributed by atoms with E-state index in [0.717, 1.165) is 11.3 Å². The van der Waals surface area contributed by atoms with Crippen LogP contribution in [0.15, 0.2) is 36.4 Å². The van der Waals surface area contributed by atoms with Crippen LogP contribution in [0.1, 0.15) is 5.56 Å². The molecule has 0 N–H and O–H groups in total. The Morgan fingerprint density at radius 3 is 2.84 bits per heavy atom.